The fourth-order valence-corrected chi connectivity index (χ4v) is 1.97. The number of hydrogen-bond acceptors (Lipinski definition) is 3. The molecule has 2 rings (SSSR count). The van der Waals surface area contributed by atoms with Crippen LogP contribution in [0, 0.1) is 0 Å². The van der Waals surface area contributed by atoms with Gasteiger partial charge in [0.1, 0.15) is 5.82 Å². The molecule has 0 spiro atoms. The monoisotopic (exact) mass is 260 g/mol. The van der Waals surface area contributed by atoms with Gasteiger partial charge in [-0.25, -0.2) is 4.98 Å². The molecule has 2 aromatic rings. The van der Waals surface area contributed by atoms with Crippen molar-refractivity contribution < 1.29 is 4.79 Å². The predicted molar refractivity (Wildman–Crippen MR) is 75.7 cm³/mol. The molecule has 0 atom stereocenters. The van der Waals surface area contributed by atoms with E-state index in [1.165, 1.54) is 0 Å². The molecule has 1 heterocycles. The quantitative estimate of drug-likeness (QED) is 0.820. The van der Waals surface area contributed by atoms with Crippen LogP contribution in [0.1, 0.15) is 19.2 Å². The molecule has 19 heavy (non-hydrogen) atoms. The van der Waals surface area contributed by atoms with Crippen LogP contribution in [-0.2, 0) is 18.4 Å². The van der Waals surface area contributed by atoms with Gasteiger partial charge in [0, 0.05) is 13.6 Å². The van der Waals surface area contributed by atoms with E-state index < -0.39 is 0 Å². The van der Waals surface area contributed by atoms with E-state index in [1.807, 2.05) is 42.8 Å². The van der Waals surface area contributed by atoms with Gasteiger partial charge in [-0.15, -0.1) is 0 Å². The van der Waals surface area contributed by atoms with E-state index in [2.05, 4.69) is 15.6 Å². The highest BCUT2D eigenvalue weighted by Gasteiger charge is 2.07. The molecule has 1 aromatic carbocycles. The molecule has 2 N–H and O–H groups in total. The molecule has 0 bridgehead atoms. The Hall–Kier alpha value is -1.88. The van der Waals surface area contributed by atoms with Gasteiger partial charge in [-0.05, 0) is 18.6 Å². The van der Waals surface area contributed by atoms with Crippen molar-refractivity contribution in [2.24, 2.45) is 7.05 Å². The van der Waals surface area contributed by atoms with E-state index in [-0.39, 0.29) is 5.91 Å². The summed E-state index contributed by atoms with van der Waals surface area (Å²) >= 11 is 0. The Labute approximate surface area is 113 Å². The number of aromatic nitrogens is 2. The summed E-state index contributed by atoms with van der Waals surface area (Å²) in [5, 5.41) is 5.95. The minimum Gasteiger partial charge on any atom is -0.355 e. The third-order valence-electron chi connectivity index (χ3n) is 3.02. The van der Waals surface area contributed by atoms with Crippen molar-refractivity contribution in [3.63, 3.8) is 0 Å². The zero-order chi connectivity index (χ0) is 13.7. The maximum Gasteiger partial charge on any atom is 0.233 e. The Morgan fingerprint density at radius 1 is 1.37 bits per heavy atom. The molecule has 102 valence electrons. The van der Waals surface area contributed by atoms with Gasteiger partial charge in [0.05, 0.1) is 24.1 Å². The molecule has 5 heteroatoms. The number of carbonyl (C=O) groups excluding carboxylic acids is 1. The topological polar surface area (TPSA) is 59.0 Å². The lowest BCUT2D eigenvalue weighted by Crippen LogP contribution is -2.34. The maximum atomic E-state index is 11.4. The average molecular weight is 260 g/mol. The van der Waals surface area contributed by atoms with Crippen LogP contribution in [-0.4, -0.2) is 28.5 Å². The number of nitrogens with one attached hydrogen (secondary N) is 2. The number of imidazole rings is 1. The van der Waals surface area contributed by atoms with Crippen molar-refractivity contribution in [2.45, 2.75) is 19.9 Å². The lowest BCUT2D eigenvalue weighted by atomic mass is 10.3. The zero-order valence-electron chi connectivity index (χ0n) is 11.4. The van der Waals surface area contributed by atoms with Crippen LogP contribution in [0.2, 0.25) is 0 Å². The molecule has 5 nitrogen and oxygen atoms in total. The van der Waals surface area contributed by atoms with Crippen LogP contribution in [0.25, 0.3) is 11.0 Å². The van der Waals surface area contributed by atoms with Crippen molar-refractivity contribution in [1.82, 2.24) is 20.2 Å². The van der Waals surface area contributed by atoms with E-state index in [1.54, 1.807) is 0 Å². The number of nitrogens with zero attached hydrogens (tertiary/aromatic N) is 2. The third-order valence-corrected chi connectivity index (χ3v) is 3.02. The van der Waals surface area contributed by atoms with Crippen molar-refractivity contribution >= 4 is 16.9 Å². The zero-order valence-corrected chi connectivity index (χ0v) is 11.4. The van der Waals surface area contributed by atoms with Gasteiger partial charge in [-0.1, -0.05) is 19.1 Å². The van der Waals surface area contributed by atoms with Gasteiger partial charge in [-0.3, -0.25) is 4.79 Å². The lowest BCUT2D eigenvalue weighted by Gasteiger charge is -2.06. The summed E-state index contributed by atoms with van der Waals surface area (Å²) in [4.78, 5) is 16.0. The van der Waals surface area contributed by atoms with Gasteiger partial charge < -0.3 is 15.2 Å². The second kappa shape index (κ2) is 6.33. The summed E-state index contributed by atoms with van der Waals surface area (Å²) in [6.07, 6.45) is 0.955. The first-order chi connectivity index (χ1) is 9.22. The summed E-state index contributed by atoms with van der Waals surface area (Å²) in [5.41, 5.74) is 2.09. The number of aryl methyl sites for hydroxylation is 1. The van der Waals surface area contributed by atoms with Crippen molar-refractivity contribution in [2.75, 3.05) is 13.1 Å². The average Bonchev–Trinajstić information content (AvgIpc) is 2.74. The first-order valence-electron chi connectivity index (χ1n) is 6.60. The molecule has 0 aliphatic rings. The minimum atomic E-state index is 0.0283. The summed E-state index contributed by atoms with van der Waals surface area (Å²) in [6, 6.07) is 8.01. The van der Waals surface area contributed by atoms with Crippen molar-refractivity contribution in [3.8, 4) is 0 Å². The van der Waals surface area contributed by atoms with Crippen molar-refractivity contribution in [3.05, 3.63) is 30.1 Å². The molecular weight excluding hydrogens is 240 g/mol. The Kier molecular flexibility index (Phi) is 4.52. The van der Waals surface area contributed by atoms with E-state index in [0.29, 0.717) is 13.1 Å². The molecule has 1 amide bonds. The Morgan fingerprint density at radius 3 is 2.89 bits per heavy atom. The van der Waals surface area contributed by atoms with Crippen LogP contribution in [0.4, 0.5) is 0 Å². The van der Waals surface area contributed by atoms with E-state index in [4.69, 9.17) is 0 Å². The second-order valence-corrected chi connectivity index (χ2v) is 4.53. The van der Waals surface area contributed by atoms with E-state index in [9.17, 15) is 4.79 Å². The highest BCUT2D eigenvalue weighted by atomic mass is 16.1. The Balaban J connectivity index is 1.91. The normalized spacial score (nSPS) is 10.8. The molecule has 1 aromatic heterocycles. The van der Waals surface area contributed by atoms with Crippen LogP contribution >= 0.6 is 0 Å². The van der Waals surface area contributed by atoms with E-state index >= 15 is 0 Å². The lowest BCUT2D eigenvalue weighted by molar-refractivity contribution is -0.120. The predicted octanol–water partition coefficient (Wildman–Crippen LogP) is 1.19. The van der Waals surface area contributed by atoms with E-state index in [0.717, 1.165) is 29.8 Å². The number of para-hydroxylation sites is 2. The Bertz CT molecular complexity index is 562. The molecule has 0 fully saturated rings. The fourth-order valence-electron chi connectivity index (χ4n) is 1.97. The summed E-state index contributed by atoms with van der Waals surface area (Å²) < 4.78 is 2.05. The molecule has 0 saturated heterocycles. The molecule has 0 aliphatic heterocycles. The van der Waals surface area contributed by atoms with Crippen LogP contribution in [0.15, 0.2) is 24.3 Å². The summed E-state index contributed by atoms with van der Waals surface area (Å²) in [5.74, 6) is 0.963. The van der Waals surface area contributed by atoms with Crippen LogP contribution in [0.5, 0.6) is 0 Å². The maximum absolute atomic E-state index is 11.4. The second-order valence-electron chi connectivity index (χ2n) is 4.53. The minimum absolute atomic E-state index is 0.0283. The third kappa shape index (κ3) is 3.32. The molecule has 0 unspecified atom stereocenters. The molecule has 0 radical (unpaired) electrons. The largest absolute Gasteiger partial charge is 0.355 e. The van der Waals surface area contributed by atoms with Gasteiger partial charge in [0.2, 0.25) is 5.91 Å². The fraction of sp³-hybridized carbons (Fsp3) is 0.429. The number of amides is 1. The van der Waals surface area contributed by atoms with Gasteiger partial charge >= 0.3 is 0 Å². The number of carbonyl (C=O) groups is 1. The van der Waals surface area contributed by atoms with Crippen LogP contribution < -0.4 is 10.6 Å². The van der Waals surface area contributed by atoms with Gasteiger partial charge in [0.15, 0.2) is 0 Å². The molecular formula is C14H20N4O. The highest BCUT2D eigenvalue weighted by molar-refractivity contribution is 5.78. The first-order valence-corrected chi connectivity index (χ1v) is 6.60. The number of hydrogen-bond donors (Lipinski definition) is 2. The summed E-state index contributed by atoms with van der Waals surface area (Å²) in [7, 11) is 1.99. The highest BCUT2D eigenvalue weighted by Crippen LogP contribution is 2.13. The van der Waals surface area contributed by atoms with Gasteiger partial charge in [-0.2, -0.15) is 0 Å². The van der Waals surface area contributed by atoms with Crippen LogP contribution in [0.3, 0.4) is 0 Å². The van der Waals surface area contributed by atoms with Crippen molar-refractivity contribution in [1.29, 1.82) is 0 Å². The number of fused-ring (bicyclic) bond motifs is 1. The Morgan fingerprint density at radius 2 is 2.16 bits per heavy atom. The smallest absolute Gasteiger partial charge is 0.233 e. The van der Waals surface area contributed by atoms with Gasteiger partial charge in [0.25, 0.3) is 0 Å². The summed E-state index contributed by atoms with van der Waals surface area (Å²) in [6.45, 7) is 3.67. The number of benzene rings is 1. The first kappa shape index (κ1) is 13.5. The standard InChI is InChI=1S/C14H20N4O/c1-3-8-16-14(19)10-15-9-13-17-11-6-4-5-7-12(11)18(13)2/h4-7,15H,3,8-10H2,1-2H3,(H,16,19). The molecule has 0 saturated carbocycles. The molecule has 0 aliphatic carbocycles. The number of rotatable bonds is 6. The SMILES string of the molecule is CCCNC(=O)CNCc1nc2ccccc2n1C.